The van der Waals surface area contributed by atoms with Crippen LogP contribution in [0.15, 0.2) is 6.33 Å². The van der Waals surface area contributed by atoms with Crippen LogP contribution >= 0.6 is 0 Å². The number of hydrogen-bond acceptors (Lipinski definition) is 4. The molecule has 22 heavy (non-hydrogen) atoms. The van der Waals surface area contributed by atoms with Gasteiger partial charge in [-0.25, -0.2) is 9.67 Å². The van der Waals surface area contributed by atoms with Gasteiger partial charge < -0.3 is 10.4 Å². The lowest BCUT2D eigenvalue weighted by atomic mass is 9.46. The minimum atomic E-state index is -0.372. The molecule has 1 heterocycles. The van der Waals surface area contributed by atoms with E-state index in [0.29, 0.717) is 6.04 Å². The Kier molecular flexibility index (Phi) is 3.35. The normalized spacial score (nSPS) is 41.0. The first kappa shape index (κ1) is 14.6. The molecular weight excluding hydrogens is 276 g/mol. The van der Waals surface area contributed by atoms with Crippen molar-refractivity contribution < 1.29 is 5.11 Å². The molecule has 2 N–H and O–H groups in total. The fourth-order valence-corrected chi connectivity index (χ4v) is 5.94. The second kappa shape index (κ2) is 5.03. The van der Waals surface area contributed by atoms with Crippen LogP contribution < -0.4 is 5.32 Å². The van der Waals surface area contributed by atoms with Gasteiger partial charge in [-0.1, -0.05) is 0 Å². The topological polar surface area (TPSA) is 63.0 Å². The molecule has 1 aromatic rings. The second-order valence-electron chi connectivity index (χ2n) is 8.14. The lowest BCUT2D eigenvalue weighted by molar-refractivity contribution is -0.172. The van der Waals surface area contributed by atoms with Crippen LogP contribution in [0.5, 0.6) is 0 Å². The number of nitrogens with one attached hydrogen (secondary N) is 1. The van der Waals surface area contributed by atoms with Crippen molar-refractivity contribution in [3.63, 3.8) is 0 Å². The molecular formula is C17H28N4O. The minimum Gasteiger partial charge on any atom is -0.390 e. The van der Waals surface area contributed by atoms with Gasteiger partial charge in [0.25, 0.3) is 0 Å². The summed E-state index contributed by atoms with van der Waals surface area (Å²) in [4.78, 5) is 4.36. The number of aromatic nitrogens is 3. The van der Waals surface area contributed by atoms with Gasteiger partial charge in [0.1, 0.15) is 12.2 Å². The van der Waals surface area contributed by atoms with Gasteiger partial charge in [-0.3, -0.25) is 0 Å². The molecule has 0 aromatic carbocycles. The van der Waals surface area contributed by atoms with E-state index in [-0.39, 0.29) is 11.0 Å². The zero-order chi connectivity index (χ0) is 15.4. The van der Waals surface area contributed by atoms with Crippen molar-refractivity contribution in [3.05, 3.63) is 12.2 Å². The van der Waals surface area contributed by atoms with Crippen molar-refractivity contribution in [2.24, 2.45) is 17.3 Å². The number of aliphatic hydroxyl groups is 1. The molecule has 0 aliphatic heterocycles. The van der Waals surface area contributed by atoms with Crippen LogP contribution in [0, 0.1) is 17.3 Å². The molecule has 5 rings (SSSR count). The molecule has 1 aromatic heterocycles. The maximum absolute atomic E-state index is 10.9. The highest BCUT2D eigenvalue weighted by Crippen LogP contribution is 2.62. The van der Waals surface area contributed by atoms with Crippen LogP contribution in [0.25, 0.3) is 0 Å². The predicted octanol–water partition coefficient (Wildman–Crippen LogP) is 2.11. The zero-order valence-electron chi connectivity index (χ0n) is 13.8. The maximum atomic E-state index is 10.9. The van der Waals surface area contributed by atoms with Gasteiger partial charge in [0, 0.05) is 12.6 Å². The van der Waals surface area contributed by atoms with E-state index in [1.54, 1.807) is 6.33 Å². The van der Waals surface area contributed by atoms with Gasteiger partial charge in [0.05, 0.1) is 12.1 Å². The highest BCUT2D eigenvalue weighted by molar-refractivity contribution is 5.11. The molecule has 4 fully saturated rings. The molecule has 3 unspecified atom stereocenters. The lowest BCUT2D eigenvalue weighted by Gasteiger charge is -2.62. The van der Waals surface area contributed by atoms with Gasteiger partial charge in [-0.2, -0.15) is 5.10 Å². The summed E-state index contributed by atoms with van der Waals surface area (Å²) >= 11 is 0. The van der Waals surface area contributed by atoms with E-state index < -0.39 is 0 Å². The number of aryl methyl sites for hydroxylation is 1. The smallest absolute Gasteiger partial charge is 0.140 e. The molecule has 0 radical (unpaired) electrons. The van der Waals surface area contributed by atoms with Crippen molar-refractivity contribution in [2.75, 3.05) is 0 Å². The van der Waals surface area contributed by atoms with Crippen molar-refractivity contribution >= 4 is 0 Å². The van der Waals surface area contributed by atoms with E-state index in [1.807, 2.05) is 4.68 Å². The number of rotatable bonds is 5. The average molecular weight is 304 g/mol. The van der Waals surface area contributed by atoms with E-state index in [4.69, 9.17) is 0 Å². The summed E-state index contributed by atoms with van der Waals surface area (Å²) in [6, 6.07) is 0.423. The Labute approximate surface area is 132 Å². The van der Waals surface area contributed by atoms with E-state index in [0.717, 1.165) is 50.0 Å². The quantitative estimate of drug-likeness (QED) is 0.874. The van der Waals surface area contributed by atoms with Gasteiger partial charge >= 0.3 is 0 Å². The van der Waals surface area contributed by atoms with Crippen LogP contribution in [0.1, 0.15) is 58.2 Å². The maximum Gasteiger partial charge on any atom is 0.140 e. The number of nitrogens with zero attached hydrogens (tertiary/aromatic N) is 3. The molecule has 0 spiro atoms. The second-order valence-corrected chi connectivity index (χ2v) is 8.14. The van der Waals surface area contributed by atoms with Crippen LogP contribution in [0.4, 0.5) is 0 Å². The average Bonchev–Trinajstić information content (AvgIpc) is 2.89. The molecule has 122 valence electrons. The third kappa shape index (κ3) is 2.29. The lowest BCUT2D eigenvalue weighted by Crippen LogP contribution is -2.61. The molecule has 0 amide bonds. The predicted molar refractivity (Wildman–Crippen MR) is 84.1 cm³/mol. The SMILES string of the molecule is CCn1ncnc1CNC(C)C12CC3CC(CC(O)(C3)C1)C2. The molecule has 5 nitrogen and oxygen atoms in total. The standard InChI is InChI=1S/C17H28N4O/c1-3-21-15(19-11-20-21)9-18-12(2)16-5-13-4-14(6-16)8-17(22,7-13)10-16/h11-14,18,22H,3-10H2,1-2H3. The van der Waals surface area contributed by atoms with Crippen LogP contribution in [0.2, 0.25) is 0 Å². The van der Waals surface area contributed by atoms with Crippen molar-refractivity contribution in [3.8, 4) is 0 Å². The Bertz CT molecular complexity index is 541. The van der Waals surface area contributed by atoms with Crippen LogP contribution in [0.3, 0.4) is 0 Å². The Balaban J connectivity index is 1.47. The Morgan fingerprint density at radius 2 is 2.09 bits per heavy atom. The largest absolute Gasteiger partial charge is 0.390 e. The van der Waals surface area contributed by atoms with Crippen molar-refractivity contribution in [1.29, 1.82) is 0 Å². The van der Waals surface area contributed by atoms with Gasteiger partial charge in [0.15, 0.2) is 0 Å². The molecule has 0 saturated heterocycles. The van der Waals surface area contributed by atoms with Crippen LogP contribution in [-0.4, -0.2) is 31.5 Å². The third-order valence-electron chi connectivity index (χ3n) is 6.56. The fourth-order valence-electron chi connectivity index (χ4n) is 5.94. The first-order chi connectivity index (χ1) is 10.5. The first-order valence-corrected chi connectivity index (χ1v) is 8.84. The van der Waals surface area contributed by atoms with Gasteiger partial charge in [-0.05, 0) is 69.6 Å². The number of hydrogen-bond donors (Lipinski definition) is 2. The van der Waals surface area contributed by atoms with Gasteiger partial charge in [0.2, 0.25) is 0 Å². The molecule has 4 saturated carbocycles. The Hall–Kier alpha value is -0.940. The summed E-state index contributed by atoms with van der Waals surface area (Å²) in [7, 11) is 0. The summed E-state index contributed by atoms with van der Waals surface area (Å²) in [5, 5.41) is 18.8. The Morgan fingerprint density at radius 1 is 1.36 bits per heavy atom. The summed E-state index contributed by atoms with van der Waals surface area (Å²) in [5.41, 5.74) is -0.0840. The van der Waals surface area contributed by atoms with Crippen molar-refractivity contribution in [2.45, 2.75) is 77.1 Å². The Morgan fingerprint density at radius 3 is 2.73 bits per heavy atom. The highest BCUT2D eigenvalue weighted by Gasteiger charge is 2.58. The fraction of sp³-hybridized carbons (Fsp3) is 0.882. The highest BCUT2D eigenvalue weighted by atomic mass is 16.3. The molecule has 4 aliphatic carbocycles. The van der Waals surface area contributed by atoms with Crippen LogP contribution in [-0.2, 0) is 13.1 Å². The zero-order valence-corrected chi connectivity index (χ0v) is 13.8. The first-order valence-electron chi connectivity index (χ1n) is 8.84. The van der Waals surface area contributed by atoms with Gasteiger partial charge in [-0.15, -0.1) is 0 Å². The van der Waals surface area contributed by atoms with E-state index in [9.17, 15) is 5.11 Å². The van der Waals surface area contributed by atoms with E-state index in [2.05, 4.69) is 29.2 Å². The minimum absolute atomic E-state index is 0.288. The molecule has 3 atom stereocenters. The molecule has 4 bridgehead atoms. The van der Waals surface area contributed by atoms with E-state index in [1.165, 1.54) is 19.3 Å². The summed E-state index contributed by atoms with van der Waals surface area (Å²) in [5.74, 6) is 2.50. The summed E-state index contributed by atoms with van der Waals surface area (Å²) < 4.78 is 1.95. The molecule has 5 heteroatoms. The summed E-state index contributed by atoms with van der Waals surface area (Å²) in [6.07, 6.45) is 8.65. The van der Waals surface area contributed by atoms with Crippen molar-refractivity contribution in [1.82, 2.24) is 20.1 Å². The van der Waals surface area contributed by atoms with E-state index >= 15 is 0 Å². The summed E-state index contributed by atoms with van der Waals surface area (Å²) in [6.45, 7) is 6.03. The third-order valence-corrected chi connectivity index (χ3v) is 6.56. The molecule has 4 aliphatic rings. The monoisotopic (exact) mass is 304 g/mol.